The molecule has 1 atom stereocenters. The molecule has 0 saturated heterocycles. The van der Waals surface area contributed by atoms with E-state index in [1.807, 2.05) is 18.2 Å². The smallest absolute Gasteiger partial charge is 0.107 e. The van der Waals surface area contributed by atoms with Crippen molar-refractivity contribution in [2.24, 2.45) is 5.92 Å². The van der Waals surface area contributed by atoms with E-state index < -0.39 is 0 Å². The highest BCUT2D eigenvalue weighted by Crippen LogP contribution is 2.17. The van der Waals surface area contributed by atoms with Crippen molar-refractivity contribution < 1.29 is 0 Å². The number of hydrogen-bond acceptors (Lipinski definition) is 2. The number of hydrogen-bond donors (Lipinski definition) is 2. The van der Waals surface area contributed by atoms with Crippen LogP contribution in [0.1, 0.15) is 26.1 Å². The van der Waals surface area contributed by atoms with E-state index >= 15 is 0 Å². The first-order valence-corrected chi connectivity index (χ1v) is 5.43. The molecular formula is C12H17N3. The van der Waals surface area contributed by atoms with Gasteiger partial charge in [0.05, 0.1) is 11.0 Å². The number of imidazole rings is 1. The summed E-state index contributed by atoms with van der Waals surface area (Å²) in [5.74, 6) is 1.73. The van der Waals surface area contributed by atoms with Gasteiger partial charge >= 0.3 is 0 Å². The zero-order chi connectivity index (χ0) is 10.8. The first kappa shape index (κ1) is 10.0. The monoisotopic (exact) mass is 203 g/mol. The molecule has 0 bridgehead atoms. The topological polar surface area (TPSA) is 54.7 Å². The van der Waals surface area contributed by atoms with Gasteiger partial charge < -0.3 is 10.7 Å². The number of H-pyrrole nitrogens is 1. The van der Waals surface area contributed by atoms with Gasteiger partial charge in [0.15, 0.2) is 0 Å². The second kappa shape index (κ2) is 3.93. The lowest BCUT2D eigenvalue weighted by atomic mass is 10.1. The van der Waals surface area contributed by atoms with Gasteiger partial charge in [-0.25, -0.2) is 4.98 Å². The summed E-state index contributed by atoms with van der Waals surface area (Å²) in [7, 11) is 0. The minimum atomic E-state index is 0.669. The summed E-state index contributed by atoms with van der Waals surface area (Å²) in [6, 6.07) is 5.78. The van der Waals surface area contributed by atoms with Crippen LogP contribution in [0.4, 0.5) is 5.69 Å². The number of anilines is 1. The molecule has 2 aromatic rings. The minimum absolute atomic E-state index is 0.669. The lowest BCUT2D eigenvalue weighted by Gasteiger charge is -2.03. The molecule has 0 aliphatic carbocycles. The largest absolute Gasteiger partial charge is 0.399 e. The van der Waals surface area contributed by atoms with Gasteiger partial charge in [-0.05, 0) is 24.1 Å². The Hall–Kier alpha value is -1.51. The average Bonchev–Trinajstić information content (AvgIpc) is 2.59. The van der Waals surface area contributed by atoms with E-state index in [1.165, 1.54) is 6.42 Å². The summed E-state index contributed by atoms with van der Waals surface area (Å²) < 4.78 is 0. The minimum Gasteiger partial charge on any atom is -0.399 e. The summed E-state index contributed by atoms with van der Waals surface area (Å²) >= 11 is 0. The first-order valence-electron chi connectivity index (χ1n) is 5.43. The fourth-order valence-electron chi connectivity index (χ4n) is 1.65. The fourth-order valence-corrected chi connectivity index (χ4v) is 1.65. The van der Waals surface area contributed by atoms with E-state index in [2.05, 4.69) is 23.8 Å². The molecular weight excluding hydrogens is 186 g/mol. The van der Waals surface area contributed by atoms with E-state index in [9.17, 15) is 0 Å². The van der Waals surface area contributed by atoms with E-state index in [0.717, 1.165) is 29.0 Å². The molecule has 2 rings (SSSR count). The highest BCUT2D eigenvalue weighted by atomic mass is 14.9. The van der Waals surface area contributed by atoms with Crippen LogP contribution in [0.15, 0.2) is 18.2 Å². The van der Waals surface area contributed by atoms with Crippen LogP contribution >= 0.6 is 0 Å². The molecule has 80 valence electrons. The van der Waals surface area contributed by atoms with Crippen molar-refractivity contribution in [1.29, 1.82) is 0 Å². The normalized spacial score (nSPS) is 13.2. The van der Waals surface area contributed by atoms with E-state index in [1.54, 1.807) is 0 Å². The molecule has 0 fully saturated rings. The van der Waals surface area contributed by atoms with Crippen molar-refractivity contribution in [3.63, 3.8) is 0 Å². The number of nitrogens with zero attached hydrogens (tertiary/aromatic N) is 1. The van der Waals surface area contributed by atoms with Gasteiger partial charge in [0.1, 0.15) is 5.82 Å². The van der Waals surface area contributed by atoms with Crippen LogP contribution in [-0.2, 0) is 6.42 Å². The fraction of sp³-hybridized carbons (Fsp3) is 0.417. The molecule has 0 aliphatic rings. The number of nitrogen functional groups attached to an aromatic ring is 1. The molecule has 1 unspecified atom stereocenters. The van der Waals surface area contributed by atoms with Crippen molar-refractivity contribution in [3.8, 4) is 0 Å². The van der Waals surface area contributed by atoms with Gasteiger partial charge in [-0.15, -0.1) is 0 Å². The van der Waals surface area contributed by atoms with Crippen LogP contribution in [0.25, 0.3) is 11.0 Å². The van der Waals surface area contributed by atoms with Crippen LogP contribution in [-0.4, -0.2) is 9.97 Å². The van der Waals surface area contributed by atoms with Crippen molar-refractivity contribution >= 4 is 16.7 Å². The molecule has 1 heterocycles. The van der Waals surface area contributed by atoms with Crippen molar-refractivity contribution in [2.75, 3.05) is 5.73 Å². The van der Waals surface area contributed by atoms with Crippen LogP contribution in [0.2, 0.25) is 0 Å². The van der Waals surface area contributed by atoms with E-state index in [-0.39, 0.29) is 0 Å². The zero-order valence-electron chi connectivity index (χ0n) is 9.25. The number of fused-ring (bicyclic) bond motifs is 1. The number of benzene rings is 1. The predicted molar refractivity (Wildman–Crippen MR) is 63.7 cm³/mol. The molecule has 0 amide bonds. The van der Waals surface area contributed by atoms with Gasteiger partial charge in [-0.2, -0.15) is 0 Å². The quantitative estimate of drug-likeness (QED) is 0.753. The standard InChI is InChI=1S/C12H17N3/c1-3-8(2)6-12-14-10-5-4-9(13)7-11(10)15-12/h4-5,7-8H,3,6,13H2,1-2H3,(H,14,15). The van der Waals surface area contributed by atoms with Gasteiger partial charge in [-0.3, -0.25) is 0 Å². The third-order valence-electron chi connectivity index (χ3n) is 2.79. The van der Waals surface area contributed by atoms with Crippen LogP contribution in [0.5, 0.6) is 0 Å². The molecule has 15 heavy (non-hydrogen) atoms. The summed E-state index contributed by atoms with van der Waals surface area (Å²) in [6.45, 7) is 4.44. The Balaban J connectivity index is 2.30. The summed E-state index contributed by atoms with van der Waals surface area (Å²) in [6.07, 6.45) is 2.18. The van der Waals surface area contributed by atoms with Gasteiger partial charge in [0.25, 0.3) is 0 Å². The maximum atomic E-state index is 5.71. The highest BCUT2D eigenvalue weighted by Gasteiger charge is 2.06. The second-order valence-electron chi connectivity index (χ2n) is 4.18. The molecule has 1 aromatic carbocycles. The third-order valence-corrected chi connectivity index (χ3v) is 2.79. The zero-order valence-corrected chi connectivity index (χ0v) is 9.25. The maximum Gasteiger partial charge on any atom is 0.107 e. The molecule has 1 aromatic heterocycles. The number of aromatic amines is 1. The Morgan fingerprint density at radius 1 is 1.47 bits per heavy atom. The summed E-state index contributed by atoms with van der Waals surface area (Å²) in [4.78, 5) is 7.84. The number of rotatable bonds is 3. The molecule has 0 spiro atoms. The second-order valence-corrected chi connectivity index (χ2v) is 4.18. The van der Waals surface area contributed by atoms with E-state index in [4.69, 9.17) is 5.73 Å². The van der Waals surface area contributed by atoms with Crippen molar-refractivity contribution in [1.82, 2.24) is 9.97 Å². The van der Waals surface area contributed by atoms with Crippen LogP contribution in [0.3, 0.4) is 0 Å². The first-order chi connectivity index (χ1) is 7.19. The number of nitrogens with one attached hydrogen (secondary N) is 1. The summed E-state index contributed by atoms with van der Waals surface area (Å²) in [5, 5.41) is 0. The summed E-state index contributed by atoms with van der Waals surface area (Å²) in [5.41, 5.74) is 8.53. The van der Waals surface area contributed by atoms with E-state index in [0.29, 0.717) is 5.92 Å². The van der Waals surface area contributed by atoms with Crippen LogP contribution in [0, 0.1) is 5.92 Å². The van der Waals surface area contributed by atoms with Gasteiger partial charge in [-0.1, -0.05) is 20.3 Å². The maximum absolute atomic E-state index is 5.71. The molecule has 3 nitrogen and oxygen atoms in total. The molecule has 3 N–H and O–H groups in total. The van der Waals surface area contributed by atoms with Crippen molar-refractivity contribution in [2.45, 2.75) is 26.7 Å². The molecule has 0 saturated carbocycles. The lowest BCUT2D eigenvalue weighted by molar-refractivity contribution is 0.547. The molecule has 0 aliphatic heterocycles. The van der Waals surface area contributed by atoms with Gasteiger partial charge in [0, 0.05) is 12.1 Å². The highest BCUT2D eigenvalue weighted by molar-refractivity contribution is 5.78. The van der Waals surface area contributed by atoms with Gasteiger partial charge in [0.2, 0.25) is 0 Å². The third kappa shape index (κ3) is 2.12. The molecule has 3 heteroatoms. The SMILES string of the molecule is CCC(C)Cc1nc2ccc(N)cc2[nH]1. The molecule has 0 radical (unpaired) electrons. The van der Waals surface area contributed by atoms with Crippen molar-refractivity contribution in [3.05, 3.63) is 24.0 Å². The Morgan fingerprint density at radius 2 is 2.27 bits per heavy atom. The Morgan fingerprint density at radius 3 is 3.00 bits per heavy atom. The van der Waals surface area contributed by atoms with Crippen LogP contribution < -0.4 is 5.73 Å². The Labute approximate surface area is 89.7 Å². The number of aromatic nitrogens is 2. The predicted octanol–water partition coefficient (Wildman–Crippen LogP) is 2.73. The Bertz CT molecular complexity index is 459. The lowest BCUT2D eigenvalue weighted by Crippen LogP contribution is -1.99. The average molecular weight is 203 g/mol. The Kier molecular flexibility index (Phi) is 2.62. The number of nitrogens with two attached hydrogens (primary N) is 1.